The second-order valence-electron chi connectivity index (χ2n) is 4.68. The van der Waals surface area contributed by atoms with Gasteiger partial charge in [0.15, 0.2) is 5.82 Å². The van der Waals surface area contributed by atoms with Crippen molar-refractivity contribution < 1.29 is 12.8 Å². The normalized spacial score (nSPS) is 19.5. The summed E-state index contributed by atoms with van der Waals surface area (Å²) in [6.45, 7) is 2.43. The first-order valence-corrected chi connectivity index (χ1v) is 7.23. The van der Waals surface area contributed by atoms with Crippen molar-refractivity contribution in [2.24, 2.45) is 5.73 Å². The zero-order valence-corrected chi connectivity index (χ0v) is 11.0. The highest BCUT2D eigenvalue weighted by Crippen LogP contribution is 2.29. The Morgan fingerprint density at radius 3 is 2.78 bits per heavy atom. The van der Waals surface area contributed by atoms with Gasteiger partial charge >= 0.3 is 0 Å². The lowest BCUT2D eigenvalue weighted by molar-refractivity contribution is 0.146. The summed E-state index contributed by atoms with van der Waals surface area (Å²) >= 11 is 0. The SMILES string of the molecule is CCCC1(N)CN(S(=O)(=O)c2ncccc2F)C1. The quantitative estimate of drug-likeness (QED) is 0.877. The summed E-state index contributed by atoms with van der Waals surface area (Å²) < 4.78 is 38.8. The molecule has 5 nitrogen and oxygen atoms in total. The van der Waals surface area contributed by atoms with Gasteiger partial charge in [0, 0.05) is 24.8 Å². The van der Waals surface area contributed by atoms with Gasteiger partial charge in [-0.05, 0) is 18.6 Å². The van der Waals surface area contributed by atoms with Crippen molar-refractivity contribution in [1.82, 2.24) is 9.29 Å². The molecule has 2 rings (SSSR count). The molecule has 0 bridgehead atoms. The Labute approximate surface area is 106 Å². The monoisotopic (exact) mass is 273 g/mol. The van der Waals surface area contributed by atoms with Gasteiger partial charge in [-0.1, -0.05) is 13.3 Å². The van der Waals surface area contributed by atoms with E-state index in [4.69, 9.17) is 5.73 Å². The molecule has 1 aromatic rings. The standard InChI is InChI=1S/C11H16FN3O2S/c1-2-5-11(13)7-15(8-11)18(16,17)10-9(12)4-3-6-14-10/h3-4,6H,2,5,7-8,13H2,1H3. The van der Waals surface area contributed by atoms with E-state index < -0.39 is 26.4 Å². The fourth-order valence-corrected chi connectivity index (χ4v) is 3.77. The van der Waals surface area contributed by atoms with Gasteiger partial charge in [-0.2, -0.15) is 4.31 Å². The van der Waals surface area contributed by atoms with Crippen LogP contribution in [0.15, 0.2) is 23.4 Å². The van der Waals surface area contributed by atoms with E-state index >= 15 is 0 Å². The van der Waals surface area contributed by atoms with Crippen molar-refractivity contribution in [2.45, 2.75) is 30.3 Å². The highest BCUT2D eigenvalue weighted by Gasteiger charge is 2.46. The molecule has 7 heteroatoms. The van der Waals surface area contributed by atoms with Crippen molar-refractivity contribution >= 4 is 10.0 Å². The molecule has 0 aliphatic carbocycles. The zero-order chi connectivity index (χ0) is 13.4. The molecule has 1 aromatic heterocycles. The Morgan fingerprint density at radius 2 is 2.22 bits per heavy atom. The third kappa shape index (κ3) is 2.25. The molecule has 1 aliphatic rings. The van der Waals surface area contributed by atoms with E-state index in [9.17, 15) is 12.8 Å². The highest BCUT2D eigenvalue weighted by molar-refractivity contribution is 7.89. The summed E-state index contributed by atoms with van der Waals surface area (Å²) in [5, 5.41) is -0.524. The molecule has 0 unspecified atom stereocenters. The molecule has 0 atom stereocenters. The van der Waals surface area contributed by atoms with Gasteiger partial charge < -0.3 is 5.73 Å². The molecule has 100 valence electrons. The first-order chi connectivity index (χ1) is 8.39. The molecule has 2 heterocycles. The molecular formula is C11H16FN3O2S. The topological polar surface area (TPSA) is 76.3 Å². The maximum atomic E-state index is 13.4. The Hall–Kier alpha value is -1.05. The average Bonchev–Trinajstić information content (AvgIpc) is 2.26. The number of hydrogen-bond acceptors (Lipinski definition) is 4. The van der Waals surface area contributed by atoms with Crippen LogP contribution in [0, 0.1) is 5.82 Å². The van der Waals surface area contributed by atoms with Gasteiger partial charge in [0.05, 0.1) is 0 Å². The summed E-state index contributed by atoms with van der Waals surface area (Å²) in [7, 11) is -3.86. The van der Waals surface area contributed by atoms with E-state index in [1.165, 1.54) is 16.6 Å². The maximum absolute atomic E-state index is 13.4. The second-order valence-corrected chi connectivity index (χ2v) is 6.53. The van der Waals surface area contributed by atoms with Crippen LogP contribution in [0.3, 0.4) is 0 Å². The molecule has 0 aromatic carbocycles. The number of sulfonamides is 1. The molecule has 0 saturated carbocycles. The molecule has 2 N–H and O–H groups in total. The Balaban J connectivity index is 2.19. The Morgan fingerprint density at radius 1 is 1.56 bits per heavy atom. The first kappa shape index (κ1) is 13.4. The van der Waals surface area contributed by atoms with Crippen LogP contribution in [0.1, 0.15) is 19.8 Å². The lowest BCUT2D eigenvalue weighted by Crippen LogP contribution is -2.68. The van der Waals surface area contributed by atoms with Crippen LogP contribution in [-0.4, -0.2) is 36.3 Å². The molecule has 18 heavy (non-hydrogen) atoms. The number of nitrogens with zero attached hydrogens (tertiary/aromatic N) is 2. The van der Waals surface area contributed by atoms with Gasteiger partial charge in [0.1, 0.15) is 0 Å². The maximum Gasteiger partial charge on any atom is 0.263 e. The van der Waals surface area contributed by atoms with Gasteiger partial charge in [-0.25, -0.2) is 17.8 Å². The number of nitrogens with two attached hydrogens (primary N) is 1. The van der Waals surface area contributed by atoms with E-state index in [2.05, 4.69) is 4.98 Å². The summed E-state index contributed by atoms with van der Waals surface area (Å²) in [6.07, 6.45) is 2.91. The number of rotatable bonds is 4. The van der Waals surface area contributed by atoms with E-state index in [0.29, 0.717) is 0 Å². The van der Waals surface area contributed by atoms with Crippen molar-refractivity contribution in [3.05, 3.63) is 24.1 Å². The minimum Gasteiger partial charge on any atom is -0.323 e. The fraction of sp³-hybridized carbons (Fsp3) is 0.545. The smallest absolute Gasteiger partial charge is 0.263 e. The van der Waals surface area contributed by atoms with Gasteiger partial charge in [0.25, 0.3) is 10.0 Å². The molecule has 1 aliphatic heterocycles. The van der Waals surface area contributed by atoms with Gasteiger partial charge in [0.2, 0.25) is 5.03 Å². The van der Waals surface area contributed by atoms with E-state index in [1.807, 2.05) is 6.92 Å². The third-order valence-corrected chi connectivity index (χ3v) is 4.77. The number of pyridine rings is 1. The first-order valence-electron chi connectivity index (χ1n) is 5.79. The lowest BCUT2D eigenvalue weighted by Gasteiger charge is -2.46. The number of hydrogen-bond donors (Lipinski definition) is 1. The molecule has 0 radical (unpaired) electrons. The Bertz CT molecular complexity index is 541. The zero-order valence-electron chi connectivity index (χ0n) is 10.1. The van der Waals surface area contributed by atoms with Crippen LogP contribution in [0.4, 0.5) is 4.39 Å². The fourth-order valence-electron chi connectivity index (χ4n) is 2.17. The largest absolute Gasteiger partial charge is 0.323 e. The lowest BCUT2D eigenvalue weighted by atomic mass is 9.89. The Kier molecular flexibility index (Phi) is 3.39. The average molecular weight is 273 g/mol. The van der Waals surface area contributed by atoms with Gasteiger partial charge in [-0.3, -0.25) is 0 Å². The highest BCUT2D eigenvalue weighted by atomic mass is 32.2. The van der Waals surface area contributed by atoms with Crippen LogP contribution in [0.5, 0.6) is 0 Å². The van der Waals surface area contributed by atoms with Crippen LogP contribution in [-0.2, 0) is 10.0 Å². The van der Waals surface area contributed by atoms with Crippen molar-refractivity contribution in [3.63, 3.8) is 0 Å². The van der Waals surface area contributed by atoms with E-state index in [1.54, 1.807) is 0 Å². The summed E-state index contributed by atoms with van der Waals surface area (Å²) in [4.78, 5) is 3.60. The van der Waals surface area contributed by atoms with Crippen LogP contribution in [0.2, 0.25) is 0 Å². The predicted molar refractivity (Wildman–Crippen MR) is 64.8 cm³/mol. The summed E-state index contributed by atoms with van der Waals surface area (Å²) in [5.41, 5.74) is 5.52. The number of halogens is 1. The number of aromatic nitrogens is 1. The van der Waals surface area contributed by atoms with Crippen LogP contribution in [0.25, 0.3) is 0 Å². The molecule has 1 saturated heterocycles. The van der Waals surface area contributed by atoms with Crippen molar-refractivity contribution in [3.8, 4) is 0 Å². The van der Waals surface area contributed by atoms with Crippen LogP contribution < -0.4 is 5.73 Å². The van der Waals surface area contributed by atoms with E-state index in [-0.39, 0.29) is 13.1 Å². The summed E-state index contributed by atoms with van der Waals surface area (Å²) in [5.74, 6) is -0.831. The molecule has 0 amide bonds. The van der Waals surface area contributed by atoms with Crippen molar-refractivity contribution in [2.75, 3.05) is 13.1 Å². The summed E-state index contributed by atoms with van der Waals surface area (Å²) in [6, 6.07) is 2.44. The molecule has 1 fully saturated rings. The minimum atomic E-state index is -3.86. The van der Waals surface area contributed by atoms with E-state index in [0.717, 1.165) is 18.9 Å². The molecule has 0 spiro atoms. The third-order valence-electron chi connectivity index (χ3n) is 3.04. The minimum absolute atomic E-state index is 0.221. The molecular weight excluding hydrogens is 257 g/mol. The second kappa shape index (κ2) is 4.56. The predicted octanol–water partition coefficient (Wildman–Crippen LogP) is 0.723. The van der Waals surface area contributed by atoms with Crippen LogP contribution >= 0.6 is 0 Å². The van der Waals surface area contributed by atoms with Crippen molar-refractivity contribution in [1.29, 1.82) is 0 Å². The van der Waals surface area contributed by atoms with Gasteiger partial charge in [-0.15, -0.1) is 0 Å².